The maximum absolute atomic E-state index is 5.70. The first-order valence-electron chi connectivity index (χ1n) is 7.15. The third-order valence-electron chi connectivity index (χ3n) is 3.64. The van der Waals surface area contributed by atoms with Crippen LogP contribution >= 0.6 is 15.9 Å². The van der Waals surface area contributed by atoms with Gasteiger partial charge in [-0.05, 0) is 56.2 Å². The standard InChI is InChI=1S/C15H26BrN3O/c1-4-19(5-2)9-8-13(18-17)10-12-11-14(20-3)6-7-15(12)16/h6-7,11,13,18H,4-5,8-10,17H2,1-3H3. The smallest absolute Gasteiger partial charge is 0.119 e. The van der Waals surface area contributed by atoms with E-state index in [4.69, 9.17) is 10.6 Å². The van der Waals surface area contributed by atoms with Crippen molar-refractivity contribution < 1.29 is 4.74 Å². The molecule has 0 aliphatic carbocycles. The molecule has 1 aromatic rings. The lowest BCUT2D eigenvalue weighted by Gasteiger charge is -2.22. The SMILES string of the molecule is CCN(CC)CCC(Cc1cc(OC)ccc1Br)NN. The highest BCUT2D eigenvalue weighted by Crippen LogP contribution is 2.24. The van der Waals surface area contributed by atoms with Crippen LogP contribution in [0, 0.1) is 0 Å². The van der Waals surface area contributed by atoms with E-state index >= 15 is 0 Å². The summed E-state index contributed by atoms with van der Waals surface area (Å²) in [5, 5.41) is 0. The van der Waals surface area contributed by atoms with Gasteiger partial charge in [-0.2, -0.15) is 0 Å². The Hall–Kier alpha value is -0.620. The summed E-state index contributed by atoms with van der Waals surface area (Å²) >= 11 is 3.59. The summed E-state index contributed by atoms with van der Waals surface area (Å²) in [7, 11) is 1.69. The minimum atomic E-state index is 0.263. The summed E-state index contributed by atoms with van der Waals surface area (Å²) in [6.45, 7) is 7.59. The fourth-order valence-electron chi connectivity index (χ4n) is 2.22. The molecule has 0 fully saturated rings. The first kappa shape index (κ1) is 17.4. The molecule has 1 aromatic carbocycles. The Bertz CT molecular complexity index is 397. The molecule has 0 spiro atoms. The predicted molar refractivity (Wildman–Crippen MR) is 87.9 cm³/mol. The molecule has 0 aromatic heterocycles. The van der Waals surface area contributed by atoms with Crippen molar-refractivity contribution in [2.45, 2.75) is 32.7 Å². The molecule has 0 bridgehead atoms. The Morgan fingerprint density at radius 2 is 2.05 bits per heavy atom. The van der Waals surface area contributed by atoms with E-state index in [0.717, 1.165) is 42.7 Å². The molecule has 1 atom stereocenters. The molecule has 114 valence electrons. The van der Waals surface area contributed by atoms with Crippen molar-refractivity contribution in [2.24, 2.45) is 5.84 Å². The number of halogens is 1. The Morgan fingerprint density at radius 1 is 1.35 bits per heavy atom. The zero-order valence-electron chi connectivity index (χ0n) is 12.7. The van der Waals surface area contributed by atoms with Gasteiger partial charge in [0.15, 0.2) is 0 Å². The molecule has 0 saturated heterocycles. The number of hydrogen-bond acceptors (Lipinski definition) is 4. The number of nitrogens with one attached hydrogen (secondary N) is 1. The summed E-state index contributed by atoms with van der Waals surface area (Å²) in [6.07, 6.45) is 1.91. The molecule has 0 radical (unpaired) electrons. The molecule has 0 heterocycles. The van der Waals surface area contributed by atoms with Crippen molar-refractivity contribution in [1.82, 2.24) is 10.3 Å². The number of rotatable bonds is 9. The van der Waals surface area contributed by atoms with E-state index in [1.165, 1.54) is 5.56 Å². The second-order valence-corrected chi connectivity index (χ2v) is 5.69. The molecule has 0 aliphatic rings. The van der Waals surface area contributed by atoms with Crippen LogP contribution in [0.15, 0.2) is 22.7 Å². The molecule has 4 nitrogen and oxygen atoms in total. The predicted octanol–water partition coefficient (Wildman–Crippen LogP) is 2.56. The molecule has 1 rings (SSSR count). The van der Waals surface area contributed by atoms with Gasteiger partial charge < -0.3 is 9.64 Å². The van der Waals surface area contributed by atoms with Crippen LogP contribution in [0.4, 0.5) is 0 Å². The lowest BCUT2D eigenvalue weighted by molar-refractivity contribution is 0.280. The van der Waals surface area contributed by atoms with Crippen LogP contribution in [-0.2, 0) is 6.42 Å². The van der Waals surface area contributed by atoms with Crippen LogP contribution in [0.25, 0.3) is 0 Å². The normalized spacial score (nSPS) is 12.7. The lowest BCUT2D eigenvalue weighted by Crippen LogP contribution is -2.39. The lowest BCUT2D eigenvalue weighted by atomic mass is 10.0. The van der Waals surface area contributed by atoms with Crippen LogP contribution in [0.3, 0.4) is 0 Å². The van der Waals surface area contributed by atoms with Crippen LogP contribution < -0.4 is 16.0 Å². The van der Waals surface area contributed by atoms with Crippen molar-refractivity contribution in [1.29, 1.82) is 0 Å². The maximum atomic E-state index is 5.70. The topological polar surface area (TPSA) is 50.5 Å². The summed E-state index contributed by atoms with van der Waals surface area (Å²) in [6, 6.07) is 6.30. The highest BCUT2D eigenvalue weighted by atomic mass is 79.9. The first-order valence-corrected chi connectivity index (χ1v) is 7.94. The van der Waals surface area contributed by atoms with Crippen LogP contribution in [0.5, 0.6) is 5.75 Å². The Labute approximate surface area is 130 Å². The van der Waals surface area contributed by atoms with Crippen molar-refractivity contribution in [3.63, 3.8) is 0 Å². The minimum Gasteiger partial charge on any atom is -0.497 e. The number of benzene rings is 1. The summed E-state index contributed by atoms with van der Waals surface area (Å²) in [5.41, 5.74) is 4.15. The Morgan fingerprint density at radius 3 is 2.60 bits per heavy atom. The molecule has 1 unspecified atom stereocenters. The van der Waals surface area contributed by atoms with E-state index in [9.17, 15) is 0 Å². The molecule has 3 N–H and O–H groups in total. The summed E-state index contributed by atoms with van der Waals surface area (Å²) < 4.78 is 6.38. The molecule has 0 amide bonds. The zero-order chi connectivity index (χ0) is 15.0. The van der Waals surface area contributed by atoms with E-state index in [1.54, 1.807) is 7.11 Å². The molecular formula is C15H26BrN3O. The first-order chi connectivity index (χ1) is 9.64. The highest BCUT2D eigenvalue weighted by molar-refractivity contribution is 9.10. The zero-order valence-corrected chi connectivity index (χ0v) is 14.2. The van der Waals surface area contributed by atoms with Gasteiger partial charge in [-0.15, -0.1) is 0 Å². The molecular weight excluding hydrogens is 318 g/mol. The number of nitrogens with two attached hydrogens (primary N) is 1. The average molecular weight is 344 g/mol. The second kappa shape index (κ2) is 9.34. The number of ether oxygens (including phenoxy) is 1. The van der Waals surface area contributed by atoms with E-state index in [-0.39, 0.29) is 6.04 Å². The van der Waals surface area contributed by atoms with Crippen molar-refractivity contribution in [3.05, 3.63) is 28.2 Å². The van der Waals surface area contributed by atoms with Gasteiger partial charge in [-0.1, -0.05) is 29.8 Å². The highest BCUT2D eigenvalue weighted by Gasteiger charge is 2.12. The van der Waals surface area contributed by atoms with Gasteiger partial charge in [0.1, 0.15) is 5.75 Å². The largest absolute Gasteiger partial charge is 0.497 e. The van der Waals surface area contributed by atoms with Gasteiger partial charge >= 0.3 is 0 Å². The fraction of sp³-hybridized carbons (Fsp3) is 0.600. The van der Waals surface area contributed by atoms with E-state index in [0.29, 0.717) is 0 Å². The quantitative estimate of drug-likeness (QED) is 0.534. The van der Waals surface area contributed by atoms with Crippen molar-refractivity contribution >= 4 is 15.9 Å². The summed E-state index contributed by atoms with van der Waals surface area (Å²) in [5.74, 6) is 6.57. The molecule has 0 saturated carbocycles. The molecule has 5 heteroatoms. The third-order valence-corrected chi connectivity index (χ3v) is 4.42. The molecule has 0 aliphatic heterocycles. The van der Waals surface area contributed by atoms with E-state index in [2.05, 4.69) is 46.2 Å². The van der Waals surface area contributed by atoms with Gasteiger partial charge in [0.05, 0.1) is 7.11 Å². The fourth-order valence-corrected chi connectivity index (χ4v) is 2.63. The van der Waals surface area contributed by atoms with Crippen LogP contribution in [0.2, 0.25) is 0 Å². The van der Waals surface area contributed by atoms with Crippen molar-refractivity contribution in [2.75, 3.05) is 26.7 Å². The molecule has 20 heavy (non-hydrogen) atoms. The van der Waals surface area contributed by atoms with Crippen molar-refractivity contribution in [3.8, 4) is 5.75 Å². The van der Waals surface area contributed by atoms with Gasteiger partial charge in [-0.3, -0.25) is 11.3 Å². The Kier molecular flexibility index (Phi) is 8.14. The average Bonchev–Trinajstić information content (AvgIpc) is 2.48. The van der Waals surface area contributed by atoms with Gasteiger partial charge in [-0.25, -0.2) is 0 Å². The maximum Gasteiger partial charge on any atom is 0.119 e. The summed E-state index contributed by atoms with van der Waals surface area (Å²) in [4.78, 5) is 2.41. The van der Waals surface area contributed by atoms with Crippen LogP contribution in [-0.4, -0.2) is 37.7 Å². The monoisotopic (exact) mass is 343 g/mol. The van der Waals surface area contributed by atoms with Gasteiger partial charge in [0, 0.05) is 10.5 Å². The number of hydrazine groups is 1. The Balaban J connectivity index is 2.63. The van der Waals surface area contributed by atoms with E-state index in [1.807, 2.05) is 12.1 Å². The van der Waals surface area contributed by atoms with E-state index < -0.39 is 0 Å². The van der Waals surface area contributed by atoms with Gasteiger partial charge in [0.25, 0.3) is 0 Å². The van der Waals surface area contributed by atoms with Crippen LogP contribution in [0.1, 0.15) is 25.8 Å². The number of nitrogens with zero attached hydrogens (tertiary/aromatic N) is 1. The number of methoxy groups -OCH3 is 1. The third kappa shape index (κ3) is 5.40. The minimum absolute atomic E-state index is 0.263. The number of hydrogen-bond donors (Lipinski definition) is 2. The second-order valence-electron chi connectivity index (χ2n) is 4.84. The van der Waals surface area contributed by atoms with Gasteiger partial charge in [0.2, 0.25) is 0 Å².